The van der Waals surface area contributed by atoms with Gasteiger partial charge in [0, 0.05) is 12.4 Å². The van der Waals surface area contributed by atoms with Gasteiger partial charge < -0.3 is 4.74 Å². The van der Waals surface area contributed by atoms with Gasteiger partial charge in [-0.3, -0.25) is 4.72 Å². The minimum atomic E-state index is -3.88. The van der Waals surface area contributed by atoms with Gasteiger partial charge in [-0.15, -0.1) is 0 Å². The van der Waals surface area contributed by atoms with E-state index in [9.17, 15) is 8.42 Å². The van der Waals surface area contributed by atoms with E-state index in [2.05, 4.69) is 30.6 Å². The molecular formula is C11H8BrCl2N3O3S. The van der Waals surface area contributed by atoms with Crippen LogP contribution in [0.2, 0.25) is 10.2 Å². The Bertz CT molecular complexity index is 786. The lowest BCUT2D eigenvalue weighted by Gasteiger charge is -2.11. The maximum absolute atomic E-state index is 12.3. The van der Waals surface area contributed by atoms with Crippen molar-refractivity contribution in [1.82, 2.24) is 9.97 Å². The molecule has 0 atom stereocenters. The number of hydrogen-bond acceptors (Lipinski definition) is 5. The Balaban J connectivity index is 2.41. The molecule has 2 heterocycles. The Morgan fingerprint density at radius 3 is 2.57 bits per heavy atom. The topological polar surface area (TPSA) is 81.2 Å². The van der Waals surface area contributed by atoms with E-state index in [1.807, 2.05) is 0 Å². The van der Waals surface area contributed by atoms with Gasteiger partial charge in [0.25, 0.3) is 10.0 Å². The first kappa shape index (κ1) is 16.3. The Labute approximate surface area is 139 Å². The summed E-state index contributed by atoms with van der Waals surface area (Å²) in [7, 11) is -2.51. The number of rotatable bonds is 4. The lowest BCUT2D eigenvalue weighted by Crippen LogP contribution is -2.14. The Morgan fingerprint density at radius 1 is 1.24 bits per heavy atom. The van der Waals surface area contributed by atoms with Crippen molar-refractivity contribution in [2.75, 3.05) is 11.8 Å². The van der Waals surface area contributed by atoms with E-state index < -0.39 is 10.0 Å². The lowest BCUT2D eigenvalue weighted by molar-refractivity contribution is 0.400. The molecule has 0 saturated carbocycles. The fourth-order valence-corrected chi connectivity index (χ4v) is 3.20. The molecule has 6 nitrogen and oxygen atoms in total. The molecule has 2 aromatic heterocycles. The number of aromatic nitrogens is 2. The van der Waals surface area contributed by atoms with Crippen molar-refractivity contribution < 1.29 is 13.2 Å². The summed E-state index contributed by atoms with van der Waals surface area (Å²) >= 11 is 14.7. The Hall–Kier alpha value is -1.09. The molecule has 0 unspecified atom stereocenters. The predicted octanol–water partition coefficient (Wildman–Crippen LogP) is 3.36. The fourth-order valence-electron chi connectivity index (χ4n) is 1.42. The monoisotopic (exact) mass is 411 g/mol. The zero-order valence-electron chi connectivity index (χ0n) is 10.5. The minimum Gasteiger partial charge on any atom is -0.479 e. The summed E-state index contributed by atoms with van der Waals surface area (Å²) in [6, 6.07) is 2.73. The third-order valence-corrected chi connectivity index (χ3v) is 5.01. The van der Waals surface area contributed by atoms with Gasteiger partial charge in [-0.25, -0.2) is 18.4 Å². The van der Waals surface area contributed by atoms with E-state index in [0.29, 0.717) is 4.47 Å². The summed E-state index contributed by atoms with van der Waals surface area (Å²) in [6.45, 7) is 0. The van der Waals surface area contributed by atoms with E-state index in [0.717, 1.165) is 6.20 Å². The molecule has 0 aliphatic heterocycles. The molecule has 0 fully saturated rings. The summed E-state index contributed by atoms with van der Waals surface area (Å²) in [4.78, 5) is 7.58. The van der Waals surface area contributed by atoms with E-state index in [1.165, 1.54) is 25.4 Å². The zero-order chi connectivity index (χ0) is 15.6. The van der Waals surface area contributed by atoms with Crippen LogP contribution in [0.1, 0.15) is 0 Å². The van der Waals surface area contributed by atoms with Crippen LogP contribution in [-0.4, -0.2) is 25.5 Å². The molecule has 0 aliphatic rings. The van der Waals surface area contributed by atoms with Crippen LogP contribution in [0.4, 0.5) is 5.69 Å². The van der Waals surface area contributed by atoms with Gasteiger partial charge in [-0.2, -0.15) is 0 Å². The highest BCUT2D eigenvalue weighted by atomic mass is 79.9. The third-order valence-electron chi connectivity index (χ3n) is 2.34. The third kappa shape index (κ3) is 3.76. The number of nitrogens with zero attached hydrogens (tertiary/aromatic N) is 2. The second-order valence-corrected chi connectivity index (χ2v) is 7.09. The van der Waals surface area contributed by atoms with E-state index in [-0.39, 0.29) is 26.6 Å². The maximum Gasteiger partial charge on any atom is 0.263 e. The lowest BCUT2D eigenvalue weighted by atomic mass is 10.4. The number of nitrogens with one attached hydrogen (secondary N) is 1. The van der Waals surface area contributed by atoms with Crippen molar-refractivity contribution in [3.05, 3.63) is 39.2 Å². The SMILES string of the molecule is COc1ncc(Cl)cc1NS(=O)(=O)c1cnc(Cl)c(Br)c1. The zero-order valence-corrected chi connectivity index (χ0v) is 14.4. The molecule has 21 heavy (non-hydrogen) atoms. The largest absolute Gasteiger partial charge is 0.479 e. The van der Waals surface area contributed by atoms with Gasteiger partial charge in [0.1, 0.15) is 15.7 Å². The second-order valence-electron chi connectivity index (χ2n) is 3.76. The molecule has 112 valence electrons. The molecule has 2 rings (SSSR count). The summed E-state index contributed by atoms with van der Waals surface area (Å²) in [5.74, 6) is 0.101. The molecule has 0 amide bonds. The molecular weight excluding hydrogens is 405 g/mol. The van der Waals surface area contributed by atoms with E-state index in [4.69, 9.17) is 27.9 Å². The molecule has 0 bridgehead atoms. The van der Waals surface area contributed by atoms with Crippen molar-refractivity contribution in [3.63, 3.8) is 0 Å². The van der Waals surface area contributed by atoms with Crippen LogP contribution in [0.5, 0.6) is 5.88 Å². The quantitative estimate of drug-likeness (QED) is 0.778. The predicted molar refractivity (Wildman–Crippen MR) is 83.6 cm³/mol. The number of anilines is 1. The van der Waals surface area contributed by atoms with Crippen molar-refractivity contribution in [3.8, 4) is 5.88 Å². The molecule has 0 saturated heterocycles. The normalized spacial score (nSPS) is 11.2. The fraction of sp³-hybridized carbons (Fsp3) is 0.0909. The van der Waals surface area contributed by atoms with Crippen molar-refractivity contribution in [2.45, 2.75) is 4.90 Å². The number of methoxy groups -OCH3 is 1. The smallest absolute Gasteiger partial charge is 0.263 e. The van der Waals surface area contributed by atoms with Gasteiger partial charge in [-0.1, -0.05) is 23.2 Å². The molecule has 0 spiro atoms. The summed E-state index contributed by atoms with van der Waals surface area (Å²) in [5, 5.41) is 0.430. The molecule has 0 aliphatic carbocycles. The van der Waals surface area contributed by atoms with Gasteiger partial charge in [0.15, 0.2) is 0 Å². The minimum absolute atomic E-state index is 0.0687. The van der Waals surface area contributed by atoms with Gasteiger partial charge in [0.2, 0.25) is 5.88 Å². The van der Waals surface area contributed by atoms with Crippen LogP contribution in [0.25, 0.3) is 0 Å². The van der Waals surface area contributed by atoms with Gasteiger partial charge in [-0.05, 0) is 28.1 Å². The number of ether oxygens (including phenoxy) is 1. The van der Waals surface area contributed by atoms with Crippen molar-refractivity contribution in [1.29, 1.82) is 0 Å². The van der Waals surface area contributed by atoms with Gasteiger partial charge in [0.05, 0.1) is 16.6 Å². The van der Waals surface area contributed by atoms with Crippen molar-refractivity contribution in [2.24, 2.45) is 0 Å². The van der Waals surface area contributed by atoms with E-state index >= 15 is 0 Å². The molecule has 2 aromatic rings. The number of halogens is 3. The highest BCUT2D eigenvalue weighted by molar-refractivity contribution is 9.10. The summed E-state index contributed by atoms with van der Waals surface area (Å²) in [5.41, 5.74) is 0.121. The average Bonchev–Trinajstić information content (AvgIpc) is 2.41. The summed E-state index contributed by atoms with van der Waals surface area (Å²) in [6.07, 6.45) is 2.48. The first-order valence-corrected chi connectivity index (χ1v) is 8.40. The first-order valence-electron chi connectivity index (χ1n) is 5.37. The molecule has 0 aromatic carbocycles. The van der Waals surface area contributed by atoms with Crippen LogP contribution in [0.3, 0.4) is 0 Å². The maximum atomic E-state index is 12.3. The molecule has 1 N–H and O–H groups in total. The highest BCUT2D eigenvalue weighted by Crippen LogP contribution is 2.28. The standard InChI is InChI=1S/C11H8BrCl2N3O3S/c1-20-11-9(2-6(13)4-16-11)17-21(18,19)7-3-8(12)10(14)15-5-7/h2-5,17H,1H3. The Kier molecular flexibility index (Phi) is 4.92. The summed E-state index contributed by atoms with van der Waals surface area (Å²) < 4.78 is 32.3. The Morgan fingerprint density at radius 2 is 1.95 bits per heavy atom. The van der Waals surface area contributed by atoms with Crippen LogP contribution >= 0.6 is 39.1 Å². The van der Waals surface area contributed by atoms with Crippen LogP contribution in [-0.2, 0) is 10.0 Å². The van der Waals surface area contributed by atoms with Crippen LogP contribution < -0.4 is 9.46 Å². The number of sulfonamides is 1. The van der Waals surface area contributed by atoms with Crippen LogP contribution in [0.15, 0.2) is 33.9 Å². The number of pyridine rings is 2. The molecule has 10 heteroatoms. The molecule has 0 radical (unpaired) electrons. The van der Waals surface area contributed by atoms with Gasteiger partial charge >= 0.3 is 0 Å². The number of hydrogen-bond donors (Lipinski definition) is 1. The highest BCUT2D eigenvalue weighted by Gasteiger charge is 2.19. The first-order chi connectivity index (χ1) is 9.83. The van der Waals surface area contributed by atoms with Crippen molar-refractivity contribution >= 4 is 54.8 Å². The van der Waals surface area contributed by atoms with Crippen LogP contribution in [0, 0.1) is 0 Å². The van der Waals surface area contributed by atoms with E-state index in [1.54, 1.807) is 0 Å². The average molecular weight is 413 g/mol. The second kappa shape index (κ2) is 6.35.